The van der Waals surface area contributed by atoms with Crippen LogP contribution >= 0.6 is 11.3 Å². The van der Waals surface area contributed by atoms with Gasteiger partial charge in [0.2, 0.25) is 0 Å². The maximum Gasteiger partial charge on any atom is 0.336 e. The number of halogens is 1. The lowest BCUT2D eigenvalue weighted by molar-refractivity contribution is 0.0697. The Labute approximate surface area is 112 Å². The minimum atomic E-state index is -1.05. The molecule has 0 radical (unpaired) electrons. The Morgan fingerprint density at radius 1 is 1.11 bits per heavy atom. The molecular formula is C15H9FO2S. The van der Waals surface area contributed by atoms with E-state index in [4.69, 9.17) is 0 Å². The number of thiophene rings is 1. The van der Waals surface area contributed by atoms with Crippen molar-refractivity contribution in [3.05, 3.63) is 59.9 Å². The first kappa shape index (κ1) is 11.9. The SMILES string of the molecule is O=C(O)c1ccc(F)cc1-c1cc2ccccc2s1. The van der Waals surface area contributed by atoms with E-state index in [9.17, 15) is 14.3 Å². The van der Waals surface area contributed by atoms with E-state index in [2.05, 4.69) is 0 Å². The van der Waals surface area contributed by atoms with Gasteiger partial charge in [-0.1, -0.05) is 18.2 Å². The van der Waals surface area contributed by atoms with E-state index in [-0.39, 0.29) is 5.56 Å². The Morgan fingerprint density at radius 2 is 1.89 bits per heavy atom. The van der Waals surface area contributed by atoms with Crippen molar-refractivity contribution in [2.75, 3.05) is 0 Å². The standard InChI is InChI=1S/C15H9FO2S/c16-10-5-6-11(15(17)18)12(8-10)14-7-9-3-1-2-4-13(9)19-14/h1-8H,(H,17,18). The van der Waals surface area contributed by atoms with Gasteiger partial charge in [-0.3, -0.25) is 0 Å². The third-order valence-corrected chi connectivity index (χ3v) is 4.05. The molecule has 3 rings (SSSR count). The van der Waals surface area contributed by atoms with E-state index in [1.165, 1.54) is 29.5 Å². The van der Waals surface area contributed by atoms with Crippen LogP contribution in [0, 0.1) is 5.82 Å². The molecule has 0 spiro atoms. The molecule has 4 heteroatoms. The molecule has 94 valence electrons. The van der Waals surface area contributed by atoms with Gasteiger partial charge in [0.25, 0.3) is 0 Å². The predicted molar refractivity (Wildman–Crippen MR) is 74.2 cm³/mol. The van der Waals surface area contributed by atoms with Crippen LogP contribution in [0.4, 0.5) is 4.39 Å². The number of aromatic carboxylic acids is 1. The van der Waals surface area contributed by atoms with Crippen LogP contribution in [-0.4, -0.2) is 11.1 Å². The van der Waals surface area contributed by atoms with Crippen molar-refractivity contribution < 1.29 is 14.3 Å². The van der Waals surface area contributed by atoms with E-state index >= 15 is 0 Å². The van der Waals surface area contributed by atoms with Crippen LogP contribution in [0.2, 0.25) is 0 Å². The fraction of sp³-hybridized carbons (Fsp3) is 0. The Kier molecular flexibility index (Phi) is 2.80. The van der Waals surface area contributed by atoms with Crippen molar-refractivity contribution in [2.24, 2.45) is 0 Å². The monoisotopic (exact) mass is 272 g/mol. The summed E-state index contributed by atoms with van der Waals surface area (Å²) in [6.07, 6.45) is 0. The number of carbonyl (C=O) groups is 1. The van der Waals surface area contributed by atoms with Crippen LogP contribution in [0.5, 0.6) is 0 Å². The average Bonchev–Trinajstić information content (AvgIpc) is 2.81. The van der Waals surface area contributed by atoms with Crippen molar-refractivity contribution in [1.82, 2.24) is 0 Å². The van der Waals surface area contributed by atoms with Crippen molar-refractivity contribution in [3.8, 4) is 10.4 Å². The summed E-state index contributed by atoms with van der Waals surface area (Å²) in [4.78, 5) is 12.0. The molecule has 1 aromatic heterocycles. The molecule has 0 aliphatic carbocycles. The normalized spacial score (nSPS) is 10.8. The van der Waals surface area contributed by atoms with Crippen LogP contribution in [0.15, 0.2) is 48.5 Å². The first-order chi connectivity index (χ1) is 9.15. The zero-order valence-electron chi connectivity index (χ0n) is 9.76. The first-order valence-electron chi connectivity index (χ1n) is 5.67. The summed E-state index contributed by atoms with van der Waals surface area (Å²) in [6.45, 7) is 0. The van der Waals surface area contributed by atoms with E-state index in [1.54, 1.807) is 0 Å². The molecule has 2 nitrogen and oxygen atoms in total. The van der Waals surface area contributed by atoms with E-state index in [1.807, 2.05) is 30.3 Å². The second kappa shape index (κ2) is 4.48. The van der Waals surface area contributed by atoms with Crippen molar-refractivity contribution in [3.63, 3.8) is 0 Å². The molecular weight excluding hydrogens is 263 g/mol. The predicted octanol–water partition coefficient (Wildman–Crippen LogP) is 4.41. The van der Waals surface area contributed by atoms with Crippen LogP contribution in [0.3, 0.4) is 0 Å². The number of rotatable bonds is 2. The van der Waals surface area contributed by atoms with Gasteiger partial charge in [0, 0.05) is 15.1 Å². The Hall–Kier alpha value is -2.20. The van der Waals surface area contributed by atoms with Gasteiger partial charge in [-0.2, -0.15) is 0 Å². The molecule has 0 atom stereocenters. The minimum absolute atomic E-state index is 0.118. The van der Waals surface area contributed by atoms with Gasteiger partial charge in [-0.15, -0.1) is 11.3 Å². The third kappa shape index (κ3) is 2.11. The van der Waals surface area contributed by atoms with Gasteiger partial charge in [-0.05, 0) is 35.7 Å². The highest BCUT2D eigenvalue weighted by Gasteiger charge is 2.14. The molecule has 2 aromatic carbocycles. The summed E-state index contributed by atoms with van der Waals surface area (Å²) in [7, 11) is 0. The molecule has 0 aliphatic rings. The van der Waals surface area contributed by atoms with E-state index in [0.29, 0.717) is 5.56 Å². The lowest BCUT2D eigenvalue weighted by Crippen LogP contribution is -1.99. The highest BCUT2D eigenvalue weighted by Crippen LogP contribution is 2.35. The molecule has 0 saturated heterocycles. The third-order valence-electron chi connectivity index (χ3n) is 2.90. The Morgan fingerprint density at radius 3 is 2.63 bits per heavy atom. The smallest absolute Gasteiger partial charge is 0.336 e. The van der Waals surface area contributed by atoms with Gasteiger partial charge < -0.3 is 5.11 Å². The van der Waals surface area contributed by atoms with Crippen molar-refractivity contribution in [2.45, 2.75) is 0 Å². The van der Waals surface area contributed by atoms with Gasteiger partial charge in [-0.25, -0.2) is 9.18 Å². The van der Waals surface area contributed by atoms with Gasteiger partial charge >= 0.3 is 5.97 Å². The second-order valence-corrected chi connectivity index (χ2v) is 5.23. The van der Waals surface area contributed by atoms with Crippen LogP contribution < -0.4 is 0 Å². The average molecular weight is 272 g/mol. The van der Waals surface area contributed by atoms with E-state index < -0.39 is 11.8 Å². The number of hydrogen-bond acceptors (Lipinski definition) is 2. The number of carboxylic acid groups (broad SMARTS) is 1. The Bertz CT molecular complexity index is 744. The molecule has 1 heterocycles. The highest BCUT2D eigenvalue weighted by atomic mass is 32.1. The van der Waals surface area contributed by atoms with Crippen LogP contribution in [0.25, 0.3) is 20.5 Å². The first-order valence-corrected chi connectivity index (χ1v) is 6.48. The molecule has 3 aromatic rings. The lowest BCUT2D eigenvalue weighted by atomic mass is 10.1. The lowest BCUT2D eigenvalue weighted by Gasteiger charge is -2.03. The molecule has 0 fully saturated rings. The van der Waals surface area contributed by atoms with Gasteiger partial charge in [0.1, 0.15) is 5.82 Å². The molecule has 0 amide bonds. The maximum absolute atomic E-state index is 13.4. The fourth-order valence-corrected chi connectivity index (χ4v) is 3.11. The zero-order valence-corrected chi connectivity index (χ0v) is 10.6. The second-order valence-electron chi connectivity index (χ2n) is 4.14. The molecule has 0 bridgehead atoms. The molecule has 19 heavy (non-hydrogen) atoms. The minimum Gasteiger partial charge on any atom is -0.478 e. The Balaban J connectivity index is 2.25. The number of carboxylic acids is 1. The number of hydrogen-bond donors (Lipinski definition) is 1. The van der Waals surface area contributed by atoms with Crippen molar-refractivity contribution in [1.29, 1.82) is 0 Å². The largest absolute Gasteiger partial charge is 0.478 e. The van der Waals surface area contributed by atoms with Crippen LogP contribution in [-0.2, 0) is 0 Å². The summed E-state index contributed by atoms with van der Waals surface area (Å²) < 4.78 is 14.4. The van der Waals surface area contributed by atoms with Gasteiger partial charge in [0.15, 0.2) is 0 Å². The van der Waals surface area contributed by atoms with E-state index in [0.717, 1.165) is 15.0 Å². The number of fused-ring (bicyclic) bond motifs is 1. The molecule has 0 saturated carbocycles. The maximum atomic E-state index is 13.4. The molecule has 0 aliphatic heterocycles. The van der Waals surface area contributed by atoms with Gasteiger partial charge in [0.05, 0.1) is 5.56 Å². The highest BCUT2D eigenvalue weighted by molar-refractivity contribution is 7.22. The molecule has 0 unspecified atom stereocenters. The van der Waals surface area contributed by atoms with Crippen LogP contribution in [0.1, 0.15) is 10.4 Å². The van der Waals surface area contributed by atoms with Crippen molar-refractivity contribution >= 4 is 27.4 Å². The molecule has 1 N–H and O–H groups in total. The summed E-state index contributed by atoms with van der Waals surface area (Å²) in [5.74, 6) is -1.48. The summed E-state index contributed by atoms with van der Waals surface area (Å²) in [6, 6.07) is 13.4. The quantitative estimate of drug-likeness (QED) is 0.750. The fourth-order valence-electron chi connectivity index (χ4n) is 2.02. The number of benzene rings is 2. The summed E-state index contributed by atoms with van der Waals surface area (Å²) in [5.41, 5.74) is 0.543. The summed E-state index contributed by atoms with van der Waals surface area (Å²) >= 11 is 1.46. The summed E-state index contributed by atoms with van der Waals surface area (Å²) in [5, 5.41) is 10.2. The topological polar surface area (TPSA) is 37.3 Å². The zero-order chi connectivity index (χ0) is 13.4.